The number of aromatic nitrogens is 1. The molecule has 0 aliphatic heterocycles. The molecule has 1 aromatic rings. The van der Waals surface area contributed by atoms with Gasteiger partial charge in [-0.1, -0.05) is 27.7 Å². The molecule has 3 nitrogen and oxygen atoms in total. The predicted molar refractivity (Wildman–Crippen MR) is 75.5 cm³/mol. The summed E-state index contributed by atoms with van der Waals surface area (Å²) in [5.74, 6) is -0.271. The quantitative estimate of drug-likeness (QED) is 0.780. The zero-order valence-electron chi connectivity index (χ0n) is 12.5. The van der Waals surface area contributed by atoms with Crippen molar-refractivity contribution in [2.75, 3.05) is 6.61 Å². The summed E-state index contributed by atoms with van der Waals surface area (Å²) < 4.78 is 5.13. The third-order valence-corrected chi connectivity index (χ3v) is 3.72. The van der Waals surface area contributed by atoms with Gasteiger partial charge in [0.1, 0.15) is 0 Å². The lowest BCUT2D eigenvalue weighted by molar-refractivity contribution is 0.0522. The van der Waals surface area contributed by atoms with Crippen molar-refractivity contribution >= 4 is 5.97 Å². The van der Waals surface area contributed by atoms with Crippen LogP contribution in [0.2, 0.25) is 0 Å². The van der Waals surface area contributed by atoms with Crippen LogP contribution in [0.1, 0.15) is 69.2 Å². The summed E-state index contributed by atoms with van der Waals surface area (Å²) in [6, 6.07) is 3.86. The molecule has 0 radical (unpaired) electrons. The Kier molecular flexibility index (Phi) is 3.41. The average molecular weight is 261 g/mol. The molecule has 0 aromatic carbocycles. The fourth-order valence-electron chi connectivity index (χ4n) is 2.18. The van der Waals surface area contributed by atoms with E-state index in [4.69, 9.17) is 9.72 Å². The molecule has 2 rings (SSSR count). The van der Waals surface area contributed by atoms with Crippen LogP contribution >= 0.6 is 0 Å². The van der Waals surface area contributed by atoms with E-state index in [1.807, 2.05) is 19.1 Å². The normalized spacial score (nSPS) is 17.1. The highest BCUT2D eigenvalue weighted by molar-refractivity contribution is 5.91. The number of hydrogen-bond acceptors (Lipinski definition) is 3. The van der Waals surface area contributed by atoms with Crippen LogP contribution in [0.4, 0.5) is 0 Å². The van der Waals surface area contributed by atoms with E-state index in [0.29, 0.717) is 12.2 Å². The van der Waals surface area contributed by atoms with E-state index >= 15 is 0 Å². The Bertz CT molecular complexity index is 496. The Morgan fingerprint density at radius 3 is 2.47 bits per heavy atom. The molecule has 0 unspecified atom stereocenters. The summed E-state index contributed by atoms with van der Waals surface area (Å²) in [6.07, 6.45) is 2.37. The Morgan fingerprint density at radius 2 is 2.00 bits per heavy atom. The zero-order chi connectivity index (χ0) is 14.3. The molecule has 1 aliphatic rings. The van der Waals surface area contributed by atoms with E-state index < -0.39 is 0 Å². The topological polar surface area (TPSA) is 39.2 Å². The molecule has 0 atom stereocenters. The van der Waals surface area contributed by atoms with E-state index in [1.54, 1.807) is 0 Å². The minimum Gasteiger partial charge on any atom is -0.462 e. The van der Waals surface area contributed by atoms with Gasteiger partial charge in [-0.25, -0.2) is 4.79 Å². The lowest BCUT2D eigenvalue weighted by atomic mass is 9.87. The first-order valence-corrected chi connectivity index (χ1v) is 6.97. The monoisotopic (exact) mass is 261 g/mol. The molecule has 0 amide bonds. The lowest BCUT2D eigenvalue weighted by Crippen LogP contribution is -2.22. The third kappa shape index (κ3) is 2.80. The van der Waals surface area contributed by atoms with E-state index in [-0.39, 0.29) is 16.8 Å². The van der Waals surface area contributed by atoms with Crippen molar-refractivity contribution in [3.8, 4) is 0 Å². The van der Waals surface area contributed by atoms with E-state index in [9.17, 15) is 4.79 Å². The molecule has 19 heavy (non-hydrogen) atoms. The smallest absolute Gasteiger partial charge is 0.339 e. The van der Waals surface area contributed by atoms with Gasteiger partial charge in [0.05, 0.1) is 17.9 Å². The maximum Gasteiger partial charge on any atom is 0.339 e. The number of hydrogen-bond donors (Lipinski definition) is 0. The number of pyridine rings is 1. The fraction of sp³-hybridized carbons (Fsp3) is 0.625. The van der Waals surface area contributed by atoms with Crippen LogP contribution in [0.3, 0.4) is 0 Å². The minimum absolute atomic E-state index is 0.163. The molecular formula is C16H23NO2. The van der Waals surface area contributed by atoms with Crippen molar-refractivity contribution in [3.63, 3.8) is 0 Å². The summed E-state index contributed by atoms with van der Waals surface area (Å²) in [5.41, 5.74) is 2.60. The Morgan fingerprint density at radius 1 is 1.37 bits per heavy atom. The third-order valence-electron chi connectivity index (χ3n) is 3.72. The molecule has 0 saturated heterocycles. The maximum atomic E-state index is 12.0. The van der Waals surface area contributed by atoms with Crippen molar-refractivity contribution < 1.29 is 9.53 Å². The summed E-state index contributed by atoms with van der Waals surface area (Å²) in [7, 11) is 0. The second kappa shape index (κ2) is 4.62. The molecule has 1 aromatic heterocycles. The van der Waals surface area contributed by atoms with Crippen molar-refractivity contribution in [3.05, 3.63) is 29.1 Å². The number of esters is 1. The maximum absolute atomic E-state index is 12.0. The van der Waals surface area contributed by atoms with Gasteiger partial charge in [0.15, 0.2) is 0 Å². The van der Waals surface area contributed by atoms with Crippen molar-refractivity contribution in [1.29, 1.82) is 0 Å². The molecule has 3 heteroatoms. The fourth-order valence-corrected chi connectivity index (χ4v) is 2.18. The van der Waals surface area contributed by atoms with Crippen molar-refractivity contribution in [1.82, 2.24) is 4.98 Å². The molecule has 0 N–H and O–H groups in total. The summed E-state index contributed by atoms with van der Waals surface area (Å²) in [6.45, 7) is 10.7. The van der Waals surface area contributed by atoms with Gasteiger partial charge in [0.25, 0.3) is 0 Å². The van der Waals surface area contributed by atoms with Crippen LogP contribution in [-0.2, 0) is 15.6 Å². The molecule has 104 valence electrons. The van der Waals surface area contributed by atoms with Crippen LogP contribution in [0.5, 0.6) is 0 Å². The van der Waals surface area contributed by atoms with Gasteiger partial charge in [-0.05, 0) is 31.9 Å². The summed E-state index contributed by atoms with van der Waals surface area (Å²) in [4.78, 5) is 16.8. The van der Waals surface area contributed by atoms with Gasteiger partial charge in [-0.2, -0.15) is 0 Å². The standard InChI is InChI=1S/C16H23NO2/c1-6-19-14(18)11-7-8-12(16(5)9-10-16)17-13(11)15(2,3)4/h7-8H,6,9-10H2,1-5H3. The number of carbonyl (C=O) groups excluding carboxylic acids is 1. The Labute approximate surface area is 115 Å². The van der Waals surface area contributed by atoms with Gasteiger partial charge < -0.3 is 4.74 Å². The average Bonchev–Trinajstić information content (AvgIpc) is 3.07. The molecular weight excluding hydrogens is 238 g/mol. The highest BCUT2D eigenvalue weighted by Gasteiger charge is 2.41. The van der Waals surface area contributed by atoms with Crippen LogP contribution in [0, 0.1) is 0 Å². The first-order valence-electron chi connectivity index (χ1n) is 6.97. The summed E-state index contributed by atoms with van der Waals surface area (Å²) in [5, 5.41) is 0. The Hall–Kier alpha value is -1.38. The largest absolute Gasteiger partial charge is 0.462 e. The first kappa shape index (κ1) is 14.0. The molecule has 1 saturated carbocycles. The predicted octanol–water partition coefficient (Wildman–Crippen LogP) is 3.61. The van der Waals surface area contributed by atoms with Gasteiger partial charge in [-0.15, -0.1) is 0 Å². The second-order valence-electron chi connectivity index (χ2n) is 6.62. The van der Waals surface area contributed by atoms with Crippen molar-refractivity contribution in [2.24, 2.45) is 0 Å². The van der Waals surface area contributed by atoms with E-state index in [1.165, 1.54) is 12.8 Å². The van der Waals surface area contributed by atoms with Crippen LogP contribution in [0.25, 0.3) is 0 Å². The highest BCUT2D eigenvalue weighted by atomic mass is 16.5. The van der Waals surface area contributed by atoms with Gasteiger partial charge in [0, 0.05) is 16.5 Å². The minimum atomic E-state index is -0.271. The molecule has 0 spiro atoms. The van der Waals surface area contributed by atoms with E-state index in [0.717, 1.165) is 11.4 Å². The Balaban J connectivity index is 2.46. The SMILES string of the molecule is CCOC(=O)c1ccc(C2(C)CC2)nc1C(C)(C)C. The molecule has 1 heterocycles. The van der Waals surface area contributed by atoms with E-state index in [2.05, 4.69) is 27.7 Å². The van der Waals surface area contributed by atoms with Gasteiger partial charge in [0.2, 0.25) is 0 Å². The van der Waals surface area contributed by atoms with Gasteiger partial charge in [-0.3, -0.25) is 4.98 Å². The number of ether oxygens (including phenoxy) is 1. The number of carbonyl (C=O) groups is 1. The zero-order valence-corrected chi connectivity index (χ0v) is 12.5. The lowest BCUT2D eigenvalue weighted by Gasteiger charge is -2.23. The van der Waals surface area contributed by atoms with Crippen molar-refractivity contribution in [2.45, 2.75) is 58.3 Å². The number of nitrogens with zero attached hydrogens (tertiary/aromatic N) is 1. The molecule has 1 aliphatic carbocycles. The summed E-state index contributed by atoms with van der Waals surface area (Å²) >= 11 is 0. The van der Waals surface area contributed by atoms with Crippen LogP contribution in [0.15, 0.2) is 12.1 Å². The number of rotatable bonds is 3. The van der Waals surface area contributed by atoms with Crippen LogP contribution < -0.4 is 0 Å². The first-order chi connectivity index (χ1) is 8.78. The molecule has 0 bridgehead atoms. The van der Waals surface area contributed by atoms with Gasteiger partial charge >= 0.3 is 5.97 Å². The van der Waals surface area contributed by atoms with Crippen LogP contribution in [-0.4, -0.2) is 17.6 Å². The molecule has 1 fully saturated rings. The highest BCUT2D eigenvalue weighted by Crippen LogP contribution is 2.47. The second-order valence-corrected chi connectivity index (χ2v) is 6.62.